The summed E-state index contributed by atoms with van der Waals surface area (Å²) in [6.45, 7) is 6.56. The van der Waals surface area contributed by atoms with Gasteiger partial charge in [-0.15, -0.1) is 0 Å². The van der Waals surface area contributed by atoms with Crippen LogP contribution in [0.4, 0.5) is 5.82 Å². The van der Waals surface area contributed by atoms with Gasteiger partial charge >= 0.3 is 0 Å². The molecule has 0 saturated carbocycles. The van der Waals surface area contributed by atoms with E-state index in [1.165, 1.54) is 17.7 Å². The Kier molecular flexibility index (Phi) is 4.29. The van der Waals surface area contributed by atoms with E-state index in [-0.39, 0.29) is 6.61 Å². The van der Waals surface area contributed by atoms with Gasteiger partial charge in [-0.3, -0.25) is 0 Å². The van der Waals surface area contributed by atoms with Crippen molar-refractivity contribution >= 4 is 17.6 Å². The van der Waals surface area contributed by atoms with Crippen LogP contribution in [0.25, 0.3) is 0 Å². The Morgan fingerprint density at radius 3 is 3.06 bits per heavy atom. The first-order valence-corrected chi connectivity index (χ1v) is 7.22. The Morgan fingerprint density at radius 2 is 2.41 bits per heavy atom. The first kappa shape index (κ1) is 12.7. The summed E-state index contributed by atoms with van der Waals surface area (Å²) in [6.07, 6.45) is 3.00. The van der Waals surface area contributed by atoms with Crippen LogP contribution in [0.1, 0.15) is 24.5 Å². The van der Waals surface area contributed by atoms with Gasteiger partial charge < -0.3 is 10.0 Å². The standard InChI is InChI=1S/C13H20N2OS/c1-3-12-8-15(4-5-17-12)13-10(2)6-11(9-16)7-14-13/h6-7,12,16H,3-5,8-9H2,1-2H3. The number of aryl methyl sites for hydroxylation is 1. The SMILES string of the molecule is CCC1CN(c2ncc(CO)cc2C)CCS1. The number of aliphatic hydroxyl groups is 1. The topological polar surface area (TPSA) is 36.4 Å². The van der Waals surface area contributed by atoms with Crippen molar-refractivity contribution in [1.29, 1.82) is 0 Å². The lowest BCUT2D eigenvalue weighted by atomic mass is 10.2. The third kappa shape index (κ3) is 2.93. The second kappa shape index (κ2) is 5.74. The highest BCUT2D eigenvalue weighted by atomic mass is 32.2. The fraction of sp³-hybridized carbons (Fsp3) is 0.615. The van der Waals surface area contributed by atoms with Gasteiger partial charge in [0.25, 0.3) is 0 Å². The molecular formula is C13H20N2OS. The van der Waals surface area contributed by atoms with Crippen LogP contribution in [-0.2, 0) is 6.61 Å². The third-order valence-electron chi connectivity index (χ3n) is 3.18. The molecule has 94 valence electrons. The van der Waals surface area contributed by atoms with E-state index >= 15 is 0 Å². The zero-order valence-electron chi connectivity index (χ0n) is 10.5. The minimum Gasteiger partial charge on any atom is -0.392 e. The Balaban J connectivity index is 2.16. The lowest BCUT2D eigenvalue weighted by molar-refractivity contribution is 0.281. The van der Waals surface area contributed by atoms with Gasteiger partial charge in [-0.05, 0) is 30.5 Å². The Morgan fingerprint density at radius 1 is 1.59 bits per heavy atom. The molecule has 0 bridgehead atoms. The van der Waals surface area contributed by atoms with E-state index in [0.29, 0.717) is 0 Å². The van der Waals surface area contributed by atoms with Crippen molar-refractivity contribution in [2.45, 2.75) is 32.1 Å². The molecule has 1 unspecified atom stereocenters. The highest BCUT2D eigenvalue weighted by molar-refractivity contribution is 8.00. The number of nitrogens with zero attached hydrogens (tertiary/aromatic N) is 2. The van der Waals surface area contributed by atoms with E-state index in [0.717, 1.165) is 29.7 Å². The predicted octanol–water partition coefficient (Wildman–Crippen LogP) is 2.21. The molecule has 1 aliphatic heterocycles. The minimum atomic E-state index is 0.0710. The summed E-state index contributed by atoms with van der Waals surface area (Å²) in [7, 11) is 0. The van der Waals surface area contributed by atoms with Crippen LogP contribution in [0.3, 0.4) is 0 Å². The molecule has 1 saturated heterocycles. The molecule has 1 aromatic heterocycles. The molecule has 1 atom stereocenters. The van der Waals surface area contributed by atoms with Crippen molar-refractivity contribution in [2.24, 2.45) is 0 Å². The van der Waals surface area contributed by atoms with Crippen molar-refractivity contribution in [1.82, 2.24) is 4.98 Å². The van der Waals surface area contributed by atoms with Gasteiger partial charge in [0.1, 0.15) is 5.82 Å². The van der Waals surface area contributed by atoms with Gasteiger partial charge in [-0.2, -0.15) is 11.8 Å². The van der Waals surface area contributed by atoms with Gasteiger partial charge in [0, 0.05) is 30.3 Å². The number of hydrogen-bond donors (Lipinski definition) is 1. The maximum Gasteiger partial charge on any atom is 0.131 e. The van der Waals surface area contributed by atoms with Crippen molar-refractivity contribution in [2.75, 3.05) is 23.7 Å². The molecule has 2 heterocycles. The fourth-order valence-electron chi connectivity index (χ4n) is 2.20. The summed E-state index contributed by atoms with van der Waals surface area (Å²) in [5.74, 6) is 2.27. The number of rotatable bonds is 3. The third-order valence-corrected chi connectivity index (χ3v) is 4.56. The van der Waals surface area contributed by atoms with Crippen molar-refractivity contribution in [3.05, 3.63) is 23.4 Å². The Hall–Kier alpha value is -0.740. The molecule has 2 rings (SSSR count). The van der Waals surface area contributed by atoms with Gasteiger partial charge in [-0.25, -0.2) is 4.98 Å². The summed E-state index contributed by atoms with van der Waals surface area (Å²) in [6, 6.07) is 2.03. The molecule has 3 nitrogen and oxygen atoms in total. The van der Waals surface area contributed by atoms with Crippen LogP contribution >= 0.6 is 11.8 Å². The van der Waals surface area contributed by atoms with E-state index in [2.05, 4.69) is 35.5 Å². The average molecular weight is 252 g/mol. The Labute approximate surface area is 107 Å². The minimum absolute atomic E-state index is 0.0710. The van der Waals surface area contributed by atoms with Crippen LogP contribution in [0.15, 0.2) is 12.3 Å². The van der Waals surface area contributed by atoms with E-state index in [1.807, 2.05) is 6.07 Å². The summed E-state index contributed by atoms with van der Waals surface area (Å²) < 4.78 is 0. The summed E-state index contributed by atoms with van der Waals surface area (Å²) in [5, 5.41) is 9.81. The molecule has 17 heavy (non-hydrogen) atoms. The maximum absolute atomic E-state index is 9.09. The van der Waals surface area contributed by atoms with Crippen molar-refractivity contribution in [3.63, 3.8) is 0 Å². The molecule has 1 N–H and O–H groups in total. The number of thioether (sulfide) groups is 1. The second-order valence-electron chi connectivity index (χ2n) is 4.49. The zero-order chi connectivity index (χ0) is 12.3. The normalized spacial score (nSPS) is 20.6. The maximum atomic E-state index is 9.09. The van der Waals surface area contributed by atoms with Crippen molar-refractivity contribution in [3.8, 4) is 0 Å². The van der Waals surface area contributed by atoms with Gasteiger partial charge in [0.05, 0.1) is 6.61 Å². The van der Waals surface area contributed by atoms with Crippen LogP contribution in [0.2, 0.25) is 0 Å². The molecule has 0 aliphatic carbocycles. The molecule has 0 aromatic carbocycles. The van der Waals surface area contributed by atoms with E-state index in [4.69, 9.17) is 5.11 Å². The molecule has 0 spiro atoms. The van der Waals surface area contributed by atoms with E-state index in [9.17, 15) is 0 Å². The summed E-state index contributed by atoms with van der Waals surface area (Å²) >= 11 is 2.07. The number of aromatic nitrogens is 1. The number of hydrogen-bond acceptors (Lipinski definition) is 4. The van der Waals surface area contributed by atoms with Gasteiger partial charge in [0.15, 0.2) is 0 Å². The zero-order valence-corrected chi connectivity index (χ0v) is 11.3. The molecule has 1 fully saturated rings. The van der Waals surface area contributed by atoms with Crippen LogP contribution in [-0.4, -0.2) is 34.2 Å². The van der Waals surface area contributed by atoms with E-state index in [1.54, 1.807) is 6.20 Å². The highest BCUT2D eigenvalue weighted by Crippen LogP contribution is 2.26. The first-order valence-electron chi connectivity index (χ1n) is 6.17. The van der Waals surface area contributed by atoms with Gasteiger partial charge in [0.2, 0.25) is 0 Å². The molecular weight excluding hydrogens is 232 g/mol. The van der Waals surface area contributed by atoms with Crippen LogP contribution in [0.5, 0.6) is 0 Å². The monoisotopic (exact) mass is 252 g/mol. The average Bonchev–Trinajstić information content (AvgIpc) is 2.38. The molecule has 1 aliphatic rings. The number of anilines is 1. The predicted molar refractivity (Wildman–Crippen MR) is 73.6 cm³/mol. The lowest BCUT2D eigenvalue weighted by Gasteiger charge is -2.33. The quantitative estimate of drug-likeness (QED) is 0.895. The smallest absolute Gasteiger partial charge is 0.131 e. The summed E-state index contributed by atoms with van der Waals surface area (Å²) in [5.41, 5.74) is 2.06. The van der Waals surface area contributed by atoms with Gasteiger partial charge in [-0.1, -0.05) is 6.92 Å². The van der Waals surface area contributed by atoms with Crippen LogP contribution < -0.4 is 4.90 Å². The molecule has 0 radical (unpaired) electrons. The largest absolute Gasteiger partial charge is 0.392 e. The lowest BCUT2D eigenvalue weighted by Crippen LogP contribution is -2.38. The number of pyridine rings is 1. The molecule has 1 aromatic rings. The Bertz CT molecular complexity index is 384. The van der Waals surface area contributed by atoms with Crippen molar-refractivity contribution < 1.29 is 5.11 Å². The molecule has 4 heteroatoms. The number of aliphatic hydroxyl groups excluding tert-OH is 1. The fourth-order valence-corrected chi connectivity index (χ4v) is 3.38. The first-order chi connectivity index (χ1) is 8.24. The second-order valence-corrected chi connectivity index (χ2v) is 5.90. The van der Waals surface area contributed by atoms with Crippen LogP contribution in [0, 0.1) is 6.92 Å². The van der Waals surface area contributed by atoms with E-state index < -0.39 is 0 Å². The summed E-state index contributed by atoms with van der Waals surface area (Å²) in [4.78, 5) is 6.87. The molecule has 0 amide bonds. The highest BCUT2D eigenvalue weighted by Gasteiger charge is 2.21.